The van der Waals surface area contributed by atoms with Crippen LogP contribution < -0.4 is 4.73 Å². The fourth-order valence-electron chi connectivity index (χ4n) is 4.29. The summed E-state index contributed by atoms with van der Waals surface area (Å²) in [6, 6.07) is 4.08. The summed E-state index contributed by atoms with van der Waals surface area (Å²) in [7, 11) is 1.66. The van der Waals surface area contributed by atoms with Gasteiger partial charge in [0.15, 0.2) is 17.7 Å². The van der Waals surface area contributed by atoms with Crippen molar-refractivity contribution in [2.24, 2.45) is 7.05 Å². The summed E-state index contributed by atoms with van der Waals surface area (Å²) in [5, 5.41) is 31.4. The van der Waals surface area contributed by atoms with Crippen LogP contribution in [0.1, 0.15) is 23.9 Å². The van der Waals surface area contributed by atoms with E-state index in [4.69, 9.17) is 11.6 Å². The molecular weight excluding hydrogens is 596 g/mol. The van der Waals surface area contributed by atoms with Crippen molar-refractivity contribution >= 4 is 11.6 Å². The van der Waals surface area contributed by atoms with Gasteiger partial charge in [0.1, 0.15) is 6.04 Å². The van der Waals surface area contributed by atoms with Crippen molar-refractivity contribution in [2.45, 2.75) is 25.3 Å². The van der Waals surface area contributed by atoms with E-state index in [9.17, 15) is 27.2 Å². The van der Waals surface area contributed by atoms with Crippen LogP contribution >= 0.6 is 11.6 Å². The summed E-state index contributed by atoms with van der Waals surface area (Å²) in [4.78, 5) is 0. The molecule has 42 heavy (non-hydrogen) atoms. The number of nitrogens with zero attached hydrogens (tertiary/aromatic N) is 9. The van der Waals surface area contributed by atoms with Crippen LogP contribution in [0, 0.1) is 11.0 Å². The molecule has 0 aliphatic heterocycles. The van der Waals surface area contributed by atoms with Gasteiger partial charge in [-0.05, 0) is 18.2 Å². The maximum absolute atomic E-state index is 15.3. The van der Waals surface area contributed by atoms with Crippen LogP contribution in [0.2, 0.25) is 5.02 Å². The summed E-state index contributed by atoms with van der Waals surface area (Å²) in [5.41, 5.74) is -0.660. The van der Waals surface area contributed by atoms with E-state index < -0.39 is 36.9 Å². The minimum atomic E-state index is -4.80. The first-order chi connectivity index (χ1) is 19.9. The van der Waals surface area contributed by atoms with Crippen molar-refractivity contribution in [1.29, 1.82) is 0 Å². The Balaban J connectivity index is 1.55. The number of alkyl halides is 5. The molecule has 0 amide bonds. The minimum absolute atomic E-state index is 0.0264. The summed E-state index contributed by atoms with van der Waals surface area (Å²) in [5.74, 6) is -1.02. The van der Waals surface area contributed by atoms with E-state index >= 15 is 4.39 Å². The Morgan fingerprint density at radius 1 is 1.07 bits per heavy atom. The van der Waals surface area contributed by atoms with E-state index in [-0.39, 0.29) is 34.0 Å². The molecule has 18 heteroatoms. The van der Waals surface area contributed by atoms with Crippen molar-refractivity contribution in [2.75, 3.05) is 6.61 Å². The topological polar surface area (TPSA) is 115 Å². The second-order valence-corrected chi connectivity index (χ2v) is 9.27. The molecule has 0 radical (unpaired) electrons. The zero-order chi connectivity index (χ0) is 30.2. The number of rotatable bonds is 9. The first kappa shape index (κ1) is 29.0. The van der Waals surface area contributed by atoms with Gasteiger partial charge >= 0.3 is 12.8 Å². The third-order valence-corrected chi connectivity index (χ3v) is 6.54. The van der Waals surface area contributed by atoms with E-state index in [1.807, 2.05) is 0 Å². The summed E-state index contributed by atoms with van der Waals surface area (Å²) < 4.78 is 88.4. The fraction of sp³-hybridized carbons (Fsp3) is 0.250. The zero-order valence-electron chi connectivity index (χ0n) is 21.3. The molecule has 1 unspecified atom stereocenters. The Hall–Kier alpha value is -4.51. The van der Waals surface area contributed by atoms with Gasteiger partial charge in [-0.2, -0.15) is 31.8 Å². The van der Waals surface area contributed by atoms with E-state index in [1.54, 1.807) is 13.2 Å². The van der Waals surface area contributed by atoms with Crippen molar-refractivity contribution in [1.82, 2.24) is 39.8 Å². The van der Waals surface area contributed by atoms with Gasteiger partial charge in [0.05, 0.1) is 52.7 Å². The molecule has 4 aromatic heterocycles. The molecule has 0 saturated heterocycles. The summed E-state index contributed by atoms with van der Waals surface area (Å²) in [6.45, 7) is -3.48. The molecular formula is C24H18ClF6N9O2. The van der Waals surface area contributed by atoms with Crippen LogP contribution in [0.25, 0.3) is 28.1 Å². The minimum Gasteiger partial charge on any atom is -0.618 e. The largest absolute Gasteiger partial charge is 0.618 e. The van der Waals surface area contributed by atoms with Crippen molar-refractivity contribution in [3.8, 4) is 28.1 Å². The number of hydrogen-bond acceptors (Lipinski definition) is 7. The van der Waals surface area contributed by atoms with Crippen LogP contribution in [0.4, 0.5) is 26.3 Å². The van der Waals surface area contributed by atoms with Crippen LogP contribution in [-0.2, 0) is 18.0 Å². The highest BCUT2D eigenvalue weighted by molar-refractivity contribution is 6.31. The highest BCUT2D eigenvalue weighted by Crippen LogP contribution is 2.35. The molecule has 0 spiro atoms. The Morgan fingerprint density at radius 2 is 1.86 bits per heavy atom. The van der Waals surface area contributed by atoms with Crippen molar-refractivity contribution in [3.63, 3.8) is 0 Å². The number of ether oxygens (including phenoxy) is 1. The van der Waals surface area contributed by atoms with Crippen LogP contribution in [0.15, 0.2) is 55.2 Å². The molecule has 5 aromatic rings. The molecule has 5 rings (SSSR count). The molecule has 4 heterocycles. The smallest absolute Gasteiger partial charge is 0.436 e. The van der Waals surface area contributed by atoms with Crippen LogP contribution in [0.5, 0.6) is 0 Å². The Morgan fingerprint density at radius 3 is 2.50 bits per heavy atom. The molecule has 1 aromatic carbocycles. The third kappa shape index (κ3) is 5.78. The molecule has 0 N–H and O–H groups in total. The fourth-order valence-corrected chi connectivity index (χ4v) is 4.45. The Labute approximate surface area is 237 Å². The zero-order valence-corrected chi connectivity index (χ0v) is 22.0. The van der Waals surface area contributed by atoms with Crippen molar-refractivity contribution in [3.05, 3.63) is 82.7 Å². The van der Waals surface area contributed by atoms with Crippen molar-refractivity contribution < 1.29 is 35.8 Å². The van der Waals surface area contributed by atoms with E-state index in [1.165, 1.54) is 40.0 Å². The highest BCUT2D eigenvalue weighted by Gasteiger charge is 2.35. The van der Waals surface area contributed by atoms with Gasteiger partial charge in [-0.1, -0.05) is 22.0 Å². The molecule has 0 fully saturated rings. The monoisotopic (exact) mass is 613 g/mol. The number of hydrogen-bond donors (Lipinski definition) is 0. The highest BCUT2D eigenvalue weighted by atomic mass is 35.5. The van der Waals surface area contributed by atoms with Gasteiger partial charge in [-0.25, -0.2) is 13.8 Å². The SMILES string of the molecule is Cn1nncc1-c1cnn(C(CCOC(F)F)c2ccc(-c3c(-n4cc(C(F)(F)F)nn4)ccc(Cl)c3F)c[n+]2[O-])c1. The molecule has 11 nitrogen and oxygen atoms in total. The maximum atomic E-state index is 15.3. The lowest BCUT2D eigenvalue weighted by molar-refractivity contribution is -0.615. The van der Waals surface area contributed by atoms with Gasteiger partial charge in [0, 0.05) is 31.3 Å². The molecule has 0 aliphatic rings. The average molecular weight is 614 g/mol. The predicted molar refractivity (Wildman–Crippen MR) is 133 cm³/mol. The van der Waals surface area contributed by atoms with E-state index in [0.29, 0.717) is 26.9 Å². The molecule has 0 saturated carbocycles. The summed E-state index contributed by atoms with van der Waals surface area (Å²) in [6.07, 6.45) is 1.17. The normalized spacial score (nSPS) is 12.8. The number of aromatic nitrogens is 9. The van der Waals surface area contributed by atoms with E-state index in [0.717, 1.165) is 12.3 Å². The average Bonchev–Trinajstić information content (AvgIpc) is 3.69. The van der Waals surface area contributed by atoms with Gasteiger partial charge in [0.25, 0.3) is 0 Å². The first-order valence-electron chi connectivity index (χ1n) is 11.9. The molecule has 1 atom stereocenters. The second-order valence-electron chi connectivity index (χ2n) is 8.86. The molecule has 0 aliphatic carbocycles. The number of halogens is 7. The quantitative estimate of drug-likeness (QED) is 0.136. The summed E-state index contributed by atoms with van der Waals surface area (Å²) >= 11 is 5.96. The number of aryl methyl sites for hydroxylation is 1. The second kappa shape index (κ2) is 11.4. The standard InChI is InChI=1S/C24H18ClF6N9O2/c1-37-19(9-32-35-37)14-8-33-38(10-14)16(6-7-42-23(27)28)17-4-2-13(11-40(17)41)21-18(5-3-15(25)22(21)26)39-12-20(34-36-39)24(29,30)31/h2-5,8-12,16,23H,6-7H2,1H3. The predicted octanol–water partition coefficient (Wildman–Crippen LogP) is 4.59. The number of pyridine rings is 1. The van der Waals surface area contributed by atoms with E-state index in [2.05, 4.69) is 30.5 Å². The lowest BCUT2D eigenvalue weighted by Crippen LogP contribution is -2.36. The Bertz CT molecular complexity index is 1720. The third-order valence-electron chi connectivity index (χ3n) is 6.24. The molecule has 220 valence electrons. The lowest BCUT2D eigenvalue weighted by atomic mass is 10.0. The lowest BCUT2D eigenvalue weighted by Gasteiger charge is -2.18. The van der Waals surface area contributed by atoms with Crippen LogP contribution in [-0.4, -0.2) is 53.0 Å². The van der Waals surface area contributed by atoms with Gasteiger partial charge in [0.2, 0.25) is 5.69 Å². The maximum Gasteiger partial charge on any atom is 0.436 e. The first-order valence-corrected chi connectivity index (χ1v) is 12.3. The van der Waals surface area contributed by atoms with Crippen LogP contribution in [0.3, 0.4) is 0 Å². The molecule has 0 bridgehead atoms. The number of benzene rings is 1. The van der Waals surface area contributed by atoms with Gasteiger partial charge in [-0.3, -0.25) is 4.68 Å². The Kier molecular flexibility index (Phi) is 7.87. The van der Waals surface area contributed by atoms with Gasteiger partial charge in [-0.15, -0.1) is 10.2 Å². The van der Waals surface area contributed by atoms with Gasteiger partial charge < -0.3 is 9.94 Å².